The van der Waals surface area contributed by atoms with Gasteiger partial charge in [0.1, 0.15) is 0 Å². The summed E-state index contributed by atoms with van der Waals surface area (Å²) in [6.07, 6.45) is 7.64. The molecular weight excluding hydrogens is 404 g/mol. The summed E-state index contributed by atoms with van der Waals surface area (Å²) in [5, 5.41) is 0.759. The van der Waals surface area contributed by atoms with Crippen LogP contribution in [0.25, 0.3) is 0 Å². The first-order valence-electron chi connectivity index (χ1n) is 10.9. The van der Waals surface area contributed by atoms with Crippen molar-refractivity contribution in [3.05, 3.63) is 34.9 Å². The number of nitrogens with zero attached hydrogens (tertiary/aromatic N) is 2. The average Bonchev–Trinajstić information content (AvgIpc) is 2.74. The molecule has 6 heteroatoms. The molecule has 0 spiro atoms. The normalized spacial score (nSPS) is 25.0. The van der Waals surface area contributed by atoms with Crippen LogP contribution < -0.4 is 0 Å². The van der Waals surface area contributed by atoms with E-state index < -0.39 is 5.79 Å². The maximum atomic E-state index is 6.19. The molecule has 2 unspecified atom stereocenters. The lowest BCUT2D eigenvalue weighted by atomic mass is 9.81. The second-order valence-corrected chi connectivity index (χ2v) is 9.12. The predicted molar refractivity (Wildman–Crippen MR) is 124 cm³/mol. The third-order valence-corrected chi connectivity index (χ3v) is 7.23. The van der Waals surface area contributed by atoms with E-state index in [2.05, 4.69) is 22.8 Å². The molecule has 0 N–H and O–H groups in total. The summed E-state index contributed by atoms with van der Waals surface area (Å²) in [4.78, 5) is 6.00. The summed E-state index contributed by atoms with van der Waals surface area (Å²) >= 11 is 12.2. The maximum absolute atomic E-state index is 6.19. The second-order valence-electron chi connectivity index (χ2n) is 8.21. The molecule has 4 nitrogen and oxygen atoms in total. The van der Waals surface area contributed by atoms with Gasteiger partial charge in [0, 0.05) is 38.6 Å². The lowest BCUT2D eigenvalue weighted by Gasteiger charge is -2.54. The molecule has 2 fully saturated rings. The summed E-state index contributed by atoms with van der Waals surface area (Å²) in [6, 6.07) is 8.49. The Bertz CT molecular complexity index is 677. The molecule has 1 aromatic rings. The smallest absolute Gasteiger partial charge is 0.185 e. The molecule has 1 aromatic carbocycles. The molecule has 1 heterocycles. The number of rotatable bonds is 7. The molecule has 1 saturated carbocycles. The predicted octanol–water partition coefficient (Wildman–Crippen LogP) is 4.93. The third-order valence-electron chi connectivity index (χ3n) is 6.62. The van der Waals surface area contributed by atoms with Gasteiger partial charge in [-0.05, 0) is 63.4 Å². The Hall–Kier alpha value is -0.720. The minimum absolute atomic E-state index is 0.184. The van der Waals surface area contributed by atoms with Gasteiger partial charge < -0.3 is 14.4 Å². The number of ether oxygens (including phenoxy) is 2. The Kier molecular flexibility index (Phi) is 8.34. The van der Waals surface area contributed by atoms with Gasteiger partial charge in [0.2, 0.25) is 0 Å². The molecule has 2 atom stereocenters. The van der Waals surface area contributed by atoms with Gasteiger partial charge in [-0.25, -0.2) is 0 Å². The first-order chi connectivity index (χ1) is 14.0. The molecule has 1 aliphatic carbocycles. The van der Waals surface area contributed by atoms with Crippen molar-refractivity contribution in [3.8, 4) is 0 Å². The maximum Gasteiger partial charge on any atom is 0.185 e. The zero-order valence-electron chi connectivity index (χ0n) is 18.0. The van der Waals surface area contributed by atoms with E-state index in [0.717, 1.165) is 60.9 Å². The molecule has 0 radical (unpaired) electrons. The number of thiocarbonyl (C=S) groups is 1. The van der Waals surface area contributed by atoms with Crippen molar-refractivity contribution in [1.82, 2.24) is 9.80 Å². The minimum Gasteiger partial charge on any atom is -0.361 e. The topological polar surface area (TPSA) is 24.9 Å². The van der Waals surface area contributed by atoms with E-state index >= 15 is 0 Å². The van der Waals surface area contributed by atoms with Gasteiger partial charge in [0.15, 0.2) is 5.79 Å². The van der Waals surface area contributed by atoms with Crippen molar-refractivity contribution in [2.75, 3.05) is 33.9 Å². The SMILES string of the molecule is CCN(C(=S)Cc1cccc(Cl)c1)C1CCCC(OC)(OC)C1N1CCCCC1. The van der Waals surface area contributed by atoms with Crippen LogP contribution in [0.1, 0.15) is 51.0 Å². The lowest BCUT2D eigenvalue weighted by Crippen LogP contribution is -2.67. The Labute approximate surface area is 186 Å². The van der Waals surface area contributed by atoms with Crippen LogP contribution in [0.5, 0.6) is 0 Å². The molecule has 29 heavy (non-hydrogen) atoms. The molecule has 3 rings (SSSR count). The van der Waals surface area contributed by atoms with Crippen LogP contribution in [-0.2, 0) is 15.9 Å². The van der Waals surface area contributed by atoms with Gasteiger partial charge in [0.05, 0.1) is 17.1 Å². The number of hydrogen-bond donors (Lipinski definition) is 0. The standard InChI is InChI=1S/C23H35ClN2O2S/c1-4-26(21(29)17-18-10-8-11-19(24)16-18)20-12-9-13-23(27-2,28-3)22(20)25-14-6-5-7-15-25/h8,10-11,16,20,22H,4-7,9,12-15,17H2,1-3H3. The highest BCUT2D eigenvalue weighted by molar-refractivity contribution is 7.80. The van der Waals surface area contributed by atoms with E-state index in [-0.39, 0.29) is 6.04 Å². The second kappa shape index (κ2) is 10.5. The fourth-order valence-corrected chi connectivity index (χ4v) is 5.89. The van der Waals surface area contributed by atoms with Gasteiger partial charge in [-0.1, -0.05) is 42.4 Å². The highest BCUT2D eigenvalue weighted by Gasteiger charge is 2.51. The molecule has 1 saturated heterocycles. The van der Waals surface area contributed by atoms with E-state index in [9.17, 15) is 0 Å². The largest absolute Gasteiger partial charge is 0.361 e. The van der Waals surface area contributed by atoms with Gasteiger partial charge in [-0.15, -0.1) is 0 Å². The number of piperidine rings is 1. The van der Waals surface area contributed by atoms with Crippen LogP contribution in [0, 0.1) is 0 Å². The zero-order valence-corrected chi connectivity index (χ0v) is 19.6. The van der Waals surface area contributed by atoms with Gasteiger partial charge >= 0.3 is 0 Å². The Morgan fingerprint density at radius 1 is 1.21 bits per heavy atom. The highest BCUT2D eigenvalue weighted by Crippen LogP contribution is 2.39. The van der Waals surface area contributed by atoms with E-state index in [4.69, 9.17) is 33.3 Å². The summed E-state index contributed by atoms with van der Waals surface area (Å²) in [7, 11) is 3.59. The van der Waals surface area contributed by atoms with Crippen molar-refractivity contribution in [1.29, 1.82) is 0 Å². The monoisotopic (exact) mass is 438 g/mol. The van der Waals surface area contributed by atoms with E-state index in [1.54, 1.807) is 14.2 Å². The average molecular weight is 439 g/mol. The quantitative estimate of drug-likeness (QED) is 0.444. The van der Waals surface area contributed by atoms with Gasteiger partial charge in [-0.3, -0.25) is 4.90 Å². The fourth-order valence-electron chi connectivity index (χ4n) is 5.25. The van der Waals surface area contributed by atoms with Crippen LogP contribution >= 0.6 is 23.8 Å². The lowest BCUT2D eigenvalue weighted by molar-refractivity contribution is -0.268. The van der Waals surface area contributed by atoms with Crippen LogP contribution in [0.3, 0.4) is 0 Å². The van der Waals surface area contributed by atoms with Crippen LogP contribution in [-0.4, -0.2) is 66.5 Å². The molecular formula is C23H35ClN2O2S. The molecule has 0 bridgehead atoms. The Balaban J connectivity index is 1.87. The number of halogens is 1. The molecule has 2 aliphatic rings. The van der Waals surface area contributed by atoms with Gasteiger partial charge in [-0.2, -0.15) is 0 Å². The number of hydrogen-bond acceptors (Lipinski definition) is 4. The van der Waals surface area contributed by atoms with Crippen LogP contribution in [0.4, 0.5) is 0 Å². The summed E-state index contributed by atoms with van der Waals surface area (Å²) in [5.41, 5.74) is 1.16. The van der Waals surface area contributed by atoms with Crippen molar-refractivity contribution < 1.29 is 9.47 Å². The number of likely N-dealkylation sites (N-methyl/N-ethyl adjacent to an activating group) is 1. The number of likely N-dealkylation sites (tertiary alicyclic amines) is 1. The first-order valence-corrected chi connectivity index (χ1v) is 11.7. The highest BCUT2D eigenvalue weighted by atomic mass is 35.5. The third kappa shape index (κ3) is 5.13. The van der Waals surface area contributed by atoms with Crippen molar-refractivity contribution in [2.45, 2.75) is 69.7 Å². The molecule has 0 aromatic heterocycles. The van der Waals surface area contributed by atoms with Crippen molar-refractivity contribution in [2.24, 2.45) is 0 Å². The zero-order chi connectivity index (χ0) is 20.9. The fraction of sp³-hybridized carbons (Fsp3) is 0.696. The molecule has 1 aliphatic heterocycles. The Morgan fingerprint density at radius 3 is 2.55 bits per heavy atom. The summed E-state index contributed by atoms with van der Waals surface area (Å²) in [6.45, 7) is 5.30. The van der Waals surface area contributed by atoms with E-state index in [1.807, 2.05) is 18.2 Å². The Morgan fingerprint density at radius 2 is 1.93 bits per heavy atom. The number of methoxy groups -OCH3 is 2. The van der Waals surface area contributed by atoms with Crippen molar-refractivity contribution in [3.63, 3.8) is 0 Å². The van der Waals surface area contributed by atoms with Crippen LogP contribution in [0.15, 0.2) is 24.3 Å². The molecule has 0 amide bonds. The number of benzene rings is 1. The van der Waals surface area contributed by atoms with Crippen molar-refractivity contribution >= 4 is 28.8 Å². The minimum atomic E-state index is -0.570. The molecule has 162 valence electrons. The van der Waals surface area contributed by atoms with E-state index in [1.165, 1.54) is 19.3 Å². The van der Waals surface area contributed by atoms with Crippen LogP contribution in [0.2, 0.25) is 5.02 Å². The van der Waals surface area contributed by atoms with Gasteiger partial charge in [0.25, 0.3) is 0 Å². The van der Waals surface area contributed by atoms with E-state index in [0.29, 0.717) is 6.04 Å². The summed E-state index contributed by atoms with van der Waals surface area (Å²) in [5.74, 6) is -0.570. The first kappa shape index (κ1) is 23.0. The summed E-state index contributed by atoms with van der Waals surface area (Å²) < 4.78 is 12.2.